The van der Waals surface area contributed by atoms with Gasteiger partial charge in [0.05, 0.1) is 0 Å². The largest absolute Gasteiger partial charge is 0.479 e. The molecule has 0 aromatic carbocycles. The number of aliphatic carboxylic acids is 1. The Morgan fingerprint density at radius 3 is 1.88 bits per heavy atom. The van der Waals surface area contributed by atoms with Gasteiger partial charge >= 0.3 is 17.9 Å². The number of hydrogen-bond acceptors (Lipinski definition) is 7. The minimum atomic E-state index is -3.29. The second kappa shape index (κ2) is 4.81. The molecule has 0 rings (SSSR count). The lowest BCUT2D eigenvalue weighted by molar-refractivity contribution is -0.191. The lowest BCUT2D eigenvalue weighted by atomic mass is 9.92. The zero-order chi connectivity index (χ0) is 13.1. The number of aliphatic hydroxyl groups is 2. The molecular formula is C8H10O8. The van der Waals surface area contributed by atoms with Crippen LogP contribution in [-0.2, 0) is 23.9 Å². The summed E-state index contributed by atoms with van der Waals surface area (Å²) in [5, 5.41) is 26.8. The van der Waals surface area contributed by atoms with Crippen molar-refractivity contribution in [1.82, 2.24) is 0 Å². The Morgan fingerprint density at radius 1 is 1.19 bits per heavy atom. The van der Waals surface area contributed by atoms with Crippen molar-refractivity contribution < 1.29 is 39.2 Å². The van der Waals surface area contributed by atoms with Crippen molar-refractivity contribution >= 4 is 23.7 Å². The number of carboxylic acids is 1. The summed E-state index contributed by atoms with van der Waals surface area (Å²) in [4.78, 5) is 42.9. The highest BCUT2D eigenvalue weighted by Gasteiger charge is 2.53. The highest BCUT2D eigenvalue weighted by Crippen LogP contribution is 2.15. The number of carbonyl (C=O) groups is 4. The van der Waals surface area contributed by atoms with Crippen molar-refractivity contribution in [3.8, 4) is 0 Å². The van der Waals surface area contributed by atoms with E-state index in [9.17, 15) is 24.3 Å². The average molecular weight is 234 g/mol. The SMILES string of the molecule is CC(=O)OC(=O)C(O)(C(C)=O)C(O)C(=O)O. The smallest absolute Gasteiger partial charge is 0.357 e. The molecule has 0 saturated heterocycles. The van der Waals surface area contributed by atoms with Crippen LogP contribution in [0.1, 0.15) is 13.8 Å². The van der Waals surface area contributed by atoms with Crippen molar-refractivity contribution in [3.63, 3.8) is 0 Å². The van der Waals surface area contributed by atoms with E-state index < -0.39 is 35.4 Å². The number of carboxylic acid groups (broad SMARTS) is 1. The number of Topliss-reactive ketones (excluding diaryl/α,β-unsaturated/α-hetero) is 1. The van der Waals surface area contributed by atoms with Gasteiger partial charge in [0.2, 0.25) is 0 Å². The highest BCUT2D eigenvalue weighted by molar-refractivity contribution is 6.11. The van der Waals surface area contributed by atoms with Crippen LogP contribution in [0.2, 0.25) is 0 Å². The molecule has 2 atom stereocenters. The Morgan fingerprint density at radius 2 is 1.62 bits per heavy atom. The van der Waals surface area contributed by atoms with E-state index in [0.29, 0.717) is 6.92 Å². The minimum absolute atomic E-state index is 0.674. The van der Waals surface area contributed by atoms with Gasteiger partial charge in [0.25, 0.3) is 5.60 Å². The Kier molecular flexibility index (Phi) is 4.27. The average Bonchev–Trinajstić information content (AvgIpc) is 2.13. The molecule has 0 aliphatic heterocycles. The topological polar surface area (TPSA) is 138 Å². The number of esters is 2. The third-order valence-electron chi connectivity index (χ3n) is 1.71. The molecular weight excluding hydrogens is 224 g/mol. The maximum atomic E-state index is 11.1. The molecule has 0 aromatic heterocycles. The first-order valence-corrected chi connectivity index (χ1v) is 4.01. The fourth-order valence-corrected chi connectivity index (χ4v) is 0.835. The van der Waals surface area contributed by atoms with Crippen LogP contribution in [0.15, 0.2) is 0 Å². The number of carbonyl (C=O) groups excluding carboxylic acids is 3. The van der Waals surface area contributed by atoms with Gasteiger partial charge < -0.3 is 20.1 Å². The van der Waals surface area contributed by atoms with Gasteiger partial charge in [0.1, 0.15) is 0 Å². The van der Waals surface area contributed by atoms with Crippen LogP contribution < -0.4 is 0 Å². The maximum Gasteiger partial charge on any atom is 0.357 e. The van der Waals surface area contributed by atoms with Crippen LogP contribution >= 0.6 is 0 Å². The molecule has 0 amide bonds. The van der Waals surface area contributed by atoms with Crippen LogP contribution in [0.25, 0.3) is 0 Å². The normalized spacial score (nSPS) is 15.8. The summed E-state index contributed by atoms with van der Waals surface area (Å²) in [6.07, 6.45) is -2.71. The summed E-state index contributed by atoms with van der Waals surface area (Å²) in [6.45, 7) is 1.49. The third kappa shape index (κ3) is 2.61. The minimum Gasteiger partial charge on any atom is -0.479 e. The van der Waals surface area contributed by atoms with Crippen LogP contribution in [0, 0.1) is 0 Å². The zero-order valence-corrected chi connectivity index (χ0v) is 8.46. The second-order valence-corrected chi connectivity index (χ2v) is 2.94. The predicted octanol–water partition coefficient (Wildman–Crippen LogP) is -2.16. The second-order valence-electron chi connectivity index (χ2n) is 2.94. The van der Waals surface area contributed by atoms with E-state index in [2.05, 4.69) is 4.74 Å². The summed E-state index contributed by atoms with van der Waals surface area (Å²) < 4.78 is 3.88. The lowest BCUT2D eigenvalue weighted by Gasteiger charge is -2.24. The highest BCUT2D eigenvalue weighted by atomic mass is 16.6. The van der Waals surface area contributed by atoms with Crippen molar-refractivity contribution in [2.45, 2.75) is 25.6 Å². The monoisotopic (exact) mass is 234 g/mol. The van der Waals surface area contributed by atoms with E-state index in [1.54, 1.807) is 0 Å². The summed E-state index contributed by atoms with van der Waals surface area (Å²) >= 11 is 0. The van der Waals surface area contributed by atoms with E-state index >= 15 is 0 Å². The van der Waals surface area contributed by atoms with Gasteiger partial charge in [-0.1, -0.05) is 0 Å². The molecule has 16 heavy (non-hydrogen) atoms. The lowest BCUT2D eigenvalue weighted by Crippen LogP contribution is -2.59. The molecule has 0 bridgehead atoms. The maximum absolute atomic E-state index is 11.1. The Balaban J connectivity index is 5.27. The Bertz CT molecular complexity index is 346. The molecule has 0 aliphatic carbocycles. The van der Waals surface area contributed by atoms with E-state index in [0.717, 1.165) is 6.92 Å². The fourth-order valence-electron chi connectivity index (χ4n) is 0.835. The summed E-state index contributed by atoms with van der Waals surface area (Å²) in [6, 6.07) is 0. The zero-order valence-electron chi connectivity index (χ0n) is 8.46. The van der Waals surface area contributed by atoms with Crippen LogP contribution in [-0.4, -0.2) is 50.7 Å². The van der Waals surface area contributed by atoms with E-state index in [1.165, 1.54) is 0 Å². The molecule has 0 saturated carbocycles. The van der Waals surface area contributed by atoms with Gasteiger partial charge in [-0.15, -0.1) is 0 Å². The van der Waals surface area contributed by atoms with E-state index in [4.69, 9.17) is 10.2 Å². The summed E-state index contributed by atoms with van der Waals surface area (Å²) in [5.74, 6) is -6.34. The Hall–Kier alpha value is -1.80. The van der Waals surface area contributed by atoms with Gasteiger partial charge in [-0.3, -0.25) is 9.59 Å². The van der Waals surface area contributed by atoms with Gasteiger partial charge in [-0.2, -0.15) is 0 Å². The molecule has 8 heteroatoms. The quantitative estimate of drug-likeness (QED) is 0.369. The Labute approximate surface area is 89.4 Å². The summed E-state index contributed by atoms with van der Waals surface area (Å²) in [7, 11) is 0. The number of aliphatic hydroxyl groups excluding tert-OH is 1. The number of hydrogen-bond donors (Lipinski definition) is 3. The van der Waals surface area contributed by atoms with Crippen molar-refractivity contribution in [2.75, 3.05) is 0 Å². The van der Waals surface area contributed by atoms with Crippen LogP contribution in [0.5, 0.6) is 0 Å². The molecule has 0 spiro atoms. The first-order chi connectivity index (χ1) is 7.13. The van der Waals surface area contributed by atoms with Crippen molar-refractivity contribution in [2.24, 2.45) is 0 Å². The molecule has 90 valence electrons. The van der Waals surface area contributed by atoms with Crippen molar-refractivity contribution in [1.29, 1.82) is 0 Å². The predicted molar refractivity (Wildman–Crippen MR) is 46.0 cm³/mol. The number of ether oxygens (including phenoxy) is 1. The summed E-state index contributed by atoms with van der Waals surface area (Å²) in [5.41, 5.74) is -3.29. The van der Waals surface area contributed by atoms with E-state index in [1.807, 2.05) is 0 Å². The van der Waals surface area contributed by atoms with Crippen LogP contribution in [0.3, 0.4) is 0 Å². The van der Waals surface area contributed by atoms with Crippen molar-refractivity contribution in [3.05, 3.63) is 0 Å². The van der Waals surface area contributed by atoms with Gasteiger partial charge in [-0.25, -0.2) is 9.59 Å². The molecule has 0 heterocycles. The molecule has 0 aromatic rings. The number of rotatable bonds is 4. The molecule has 0 radical (unpaired) electrons. The third-order valence-corrected chi connectivity index (χ3v) is 1.71. The molecule has 3 N–H and O–H groups in total. The van der Waals surface area contributed by atoms with Gasteiger partial charge in [0, 0.05) is 6.92 Å². The van der Waals surface area contributed by atoms with Crippen LogP contribution in [0.4, 0.5) is 0 Å². The molecule has 0 aliphatic rings. The van der Waals surface area contributed by atoms with E-state index in [-0.39, 0.29) is 0 Å². The van der Waals surface area contributed by atoms with Gasteiger partial charge in [-0.05, 0) is 6.92 Å². The first-order valence-electron chi connectivity index (χ1n) is 4.01. The molecule has 8 nitrogen and oxygen atoms in total. The molecule has 0 fully saturated rings. The fraction of sp³-hybridized carbons (Fsp3) is 0.500. The standard InChI is InChI=1S/C8H10O8/c1-3(9)8(15,5(11)6(12)13)7(14)16-4(2)10/h5,11,15H,1-2H3,(H,12,13). The first kappa shape index (κ1) is 14.2. The molecule has 2 unspecified atom stereocenters. The van der Waals surface area contributed by atoms with Gasteiger partial charge in [0.15, 0.2) is 11.9 Å². The number of ketones is 1.